The number of aryl methyl sites for hydroxylation is 2. The molecule has 0 atom stereocenters. The number of hydrogen-bond donors (Lipinski definition) is 2. The Kier molecular flexibility index (Phi) is 5.10. The molecule has 0 radical (unpaired) electrons. The SMILES string of the molecule is O=C(Cc1coc2cc3c(cc12)CCC3)Nc1ccc(C(=O)N2CC(=O)Nc3ccccc32)cc1. The van der Waals surface area contributed by atoms with Gasteiger partial charge in [-0.3, -0.25) is 19.3 Å². The summed E-state index contributed by atoms with van der Waals surface area (Å²) in [5, 5.41) is 6.67. The van der Waals surface area contributed by atoms with Gasteiger partial charge in [-0.25, -0.2) is 0 Å². The van der Waals surface area contributed by atoms with Crippen molar-refractivity contribution in [2.45, 2.75) is 25.7 Å². The summed E-state index contributed by atoms with van der Waals surface area (Å²) in [6, 6.07) is 18.2. The molecule has 2 aliphatic rings. The quantitative estimate of drug-likeness (QED) is 0.457. The molecule has 7 nitrogen and oxygen atoms in total. The van der Waals surface area contributed by atoms with Crippen molar-refractivity contribution >= 4 is 45.8 Å². The van der Waals surface area contributed by atoms with E-state index >= 15 is 0 Å². The van der Waals surface area contributed by atoms with E-state index in [4.69, 9.17) is 4.42 Å². The van der Waals surface area contributed by atoms with Gasteiger partial charge in [0.1, 0.15) is 12.1 Å². The van der Waals surface area contributed by atoms with E-state index in [9.17, 15) is 14.4 Å². The Labute approximate surface area is 201 Å². The molecule has 0 saturated heterocycles. The number of rotatable bonds is 4. The van der Waals surface area contributed by atoms with Crippen molar-refractivity contribution in [3.63, 3.8) is 0 Å². The van der Waals surface area contributed by atoms with E-state index in [0.717, 1.165) is 35.8 Å². The van der Waals surface area contributed by atoms with Crippen molar-refractivity contribution in [1.82, 2.24) is 0 Å². The molecule has 3 amide bonds. The second-order valence-corrected chi connectivity index (χ2v) is 8.99. The molecule has 2 N–H and O–H groups in total. The van der Waals surface area contributed by atoms with Gasteiger partial charge in [-0.05, 0) is 78.9 Å². The zero-order valence-corrected chi connectivity index (χ0v) is 19.0. The second kappa shape index (κ2) is 8.43. The van der Waals surface area contributed by atoms with Crippen LogP contribution in [0.3, 0.4) is 0 Å². The van der Waals surface area contributed by atoms with Crippen LogP contribution in [0, 0.1) is 0 Å². The van der Waals surface area contributed by atoms with Crippen LogP contribution in [0.5, 0.6) is 0 Å². The van der Waals surface area contributed by atoms with Gasteiger partial charge < -0.3 is 15.1 Å². The molecular formula is C28H23N3O4. The number of anilines is 3. The summed E-state index contributed by atoms with van der Waals surface area (Å²) in [6.07, 6.45) is 5.17. The fraction of sp³-hybridized carbons (Fsp3) is 0.179. The highest BCUT2D eigenvalue weighted by atomic mass is 16.3. The first kappa shape index (κ1) is 21.2. The van der Waals surface area contributed by atoms with Crippen LogP contribution in [0.4, 0.5) is 17.1 Å². The summed E-state index contributed by atoms with van der Waals surface area (Å²) in [5.41, 5.74) is 6.66. The lowest BCUT2D eigenvalue weighted by Crippen LogP contribution is -2.42. The number of amides is 3. The molecule has 1 aliphatic carbocycles. The minimum atomic E-state index is -0.275. The smallest absolute Gasteiger partial charge is 0.258 e. The van der Waals surface area contributed by atoms with E-state index in [1.807, 2.05) is 12.1 Å². The van der Waals surface area contributed by atoms with Gasteiger partial charge >= 0.3 is 0 Å². The lowest BCUT2D eigenvalue weighted by Gasteiger charge is -2.29. The lowest BCUT2D eigenvalue weighted by atomic mass is 10.0. The average molecular weight is 466 g/mol. The maximum Gasteiger partial charge on any atom is 0.258 e. The van der Waals surface area contributed by atoms with Crippen LogP contribution in [0.15, 0.2) is 71.3 Å². The first-order valence-corrected chi connectivity index (χ1v) is 11.7. The molecule has 174 valence electrons. The Morgan fingerprint density at radius 3 is 2.60 bits per heavy atom. The minimum absolute atomic E-state index is 0.0454. The molecule has 6 rings (SSSR count). The summed E-state index contributed by atoms with van der Waals surface area (Å²) in [7, 11) is 0. The van der Waals surface area contributed by atoms with E-state index in [0.29, 0.717) is 22.6 Å². The summed E-state index contributed by atoms with van der Waals surface area (Å²) in [4.78, 5) is 39.3. The molecule has 35 heavy (non-hydrogen) atoms. The van der Waals surface area contributed by atoms with Crippen LogP contribution in [0.25, 0.3) is 11.0 Å². The molecule has 0 bridgehead atoms. The Morgan fingerprint density at radius 2 is 1.77 bits per heavy atom. The second-order valence-electron chi connectivity index (χ2n) is 8.99. The van der Waals surface area contributed by atoms with Gasteiger partial charge in [0.2, 0.25) is 11.8 Å². The molecule has 1 aliphatic heterocycles. The lowest BCUT2D eigenvalue weighted by molar-refractivity contribution is -0.116. The van der Waals surface area contributed by atoms with Crippen molar-refractivity contribution in [3.05, 3.63) is 89.2 Å². The highest BCUT2D eigenvalue weighted by Crippen LogP contribution is 2.32. The van der Waals surface area contributed by atoms with E-state index < -0.39 is 0 Å². The van der Waals surface area contributed by atoms with Gasteiger partial charge in [-0.15, -0.1) is 0 Å². The molecule has 0 saturated carbocycles. The zero-order valence-electron chi connectivity index (χ0n) is 19.0. The predicted octanol–water partition coefficient (Wildman–Crippen LogP) is 4.70. The number of carbonyl (C=O) groups excluding carboxylic acids is 3. The van der Waals surface area contributed by atoms with Gasteiger partial charge in [-0.1, -0.05) is 12.1 Å². The van der Waals surface area contributed by atoms with Crippen LogP contribution in [-0.4, -0.2) is 24.3 Å². The van der Waals surface area contributed by atoms with E-state index in [1.165, 1.54) is 16.0 Å². The van der Waals surface area contributed by atoms with Gasteiger partial charge in [0.25, 0.3) is 5.91 Å². The van der Waals surface area contributed by atoms with Gasteiger partial charge in [0, 0.05) is 22.2 Å². The number of furan rings is 1. The number of hydrogen-bond acceptors (Lipinski definition) is 4. The first-order valence-electron chi connectivity index (χ1n) is 11.7. The predicted molar refractivity (Wildman–Crippen MR) is 134 cm³/mol. The Balaban J connectivity index is 1.15. The molecule has 3 aromatic carbocycles. The van der Waals surface area contributed by atoms with Crippen molar-refractivity contribution in [3.8, 4) is 0 Å². The van der Waals surface area contributed by atoms with Crippen LogP contribution in [-0.2, 0) is 28.9 Å². The molecular weight excluding hydrogens is 442 g/mol. The molecule has 0 spiro atoms. The average Bonchev–Trinajstić information content (AvgIpc) is 3.48. The number of carbonyl (C=O) groups is 3. The third kappa shape index (κ3) is 3.95. The largest absolute Gasteiger partial charge is 0.464 e. The molecule has 4 aromatic rings. The number of nitrogens with zero attached hydrogens (tertiary/aromatic N) is 1. The fourth-order valence-electron chi connectivity index (χ4n) is 4.93. The highest BCUT2D eigenvalue weighted by Gasteiger charge is 2.27. The summed E-state index contributed by atoms with van der Waals surface area (Å²) < 4.78 is 5.71. The van der Waals surface area contributed by atoms with Crippen LogP contribution >= 0.6 is 0 Å². The van der Waals surface area contributed by atoms with E-state index in [-0.39, 0.29) is 30.7 Å². The molecule has 2 heterocycles. The fourth-order valence-corrected chi connectivity index (χ4v) is 4.93. The maximum atomic E-state index is 13.1. The normalized spacial score (nSPS) is 14.4. The highest BCUT2D eigenvalue weighted by molar-refractivity contribution is 6.15. The standard InChI is InChI=1S/C28H23N3O4/c32-26(14-20-16-35-25-13-19-5-3-4-18(19)12-22(20)25)29-21-10-8-17(9-11-21)28(34)31-15-27(33)30-23-6-1-2-7-24(23)31/h1-2,6-13,16H,3-5,14-15H2,(H,29,32)(H,30,33). The van der Waals surface area contributed by atoms with Crippen molar-refractivity contribution < 1.29 is 18.8 Å². The van der Waals surface area contributed by atoms with Gasteiger partial charge in [0.05, 0.1) is 24.1 Å². The Hall–Kier alpha value is -4.39. The van der Waals surface area contributed by atoms with E-state index in [1.54, 1.807) is 42.7 Å². The van der Waals surface area contributed by atoms with Crippen LogP contribution in [0.1, 0.15) is 33.5 Å². The third-order valence-corrected chi connectivity index (χ3v) is 6.65. The topological polar surface area (TPSA) is 91.7 Å². The monoisotopic (exact) mass is 465 g/mol. The maximum absolute atomic E-state index is 13.1. The first-order chi connectivity index (χ1) is 17.0. The summed E-state index contributed by atoms with van der Waals surface area (Å²) >= 11 is 0. The summed E-state index contributed by atoms with van der Waals surface area (Å²) in [5.74, 6) is -0.672. The number of para-hydroxylation sites is 2. The van der Waals surface area contributed by atoms with Crippen molar-refractivity contribution in [2.75, 3.05) is 22.1 Å². The van der Waals surface area contributed by atoms with E-state index in [2.05, 4.69) is 22.8 Å². The van der Waals surface area contributed by atoms with Gasteiger partial charge in [0.15, 0.2) is 0 Å². The molecule has 1 aromatic heterocycles. The number of benzene rings is 3. The molecule has 7 heteroatoms. The number of nitrogens with one attached hydrogen (secondary N) is 2. The summed E-state index contributed by atoms with van der Waals surface area (Å²) in [6.45, 7) is -0.0454. The minimum Gasteiger partial charge on any atom is -0.464 e. The zero-order chi connectivity index (χ0) is 23.9. The number of fused-ring (bicyclic) bond motifs is 3. The van der Waals surface area contributed by atoms with Gasteiger partial charge in [-0.2, -0.15) is 0 Å². The Bertz CT molecular complexity index is 1490. The van der Waals surface area contributed by atoms with Crippen LogP contribution < -0.4 is 15.5 Å². The van der Waals surface area contributed by atoms with Crippen LogP contribution in [0.2, 0.25) is 0 Å². The van der Waals surface area contributed by atoms with Crippen molar-refractivity contribution in [2.24, 2.45) is 0 Å². The molecule has 0 fully saturated rings. The van der Waals surface area contributed by atoms with Crippen molar-refractivity contribution in [1.29, 1.82) is 0 Å². The Morgan fingerprint density at radius 1 is 1.00 bits per heavy atom. The third-order valence-electron chi connectivity index (χ3n) is 6.65. The molecule has 0 unspecified atom stereocenters.